The quantitative estimate of drug-likeness (QED) is 0.841. The fraction of sp³-hybridized carbons (Fsp3) is 0.615. The van der Waals surface area contributed by atoms with Crippen LogP contribution < -0.4 is 4.72 Å². The maximum Gasteiger partial charge on any atom is 0.279 e. The molecule has 1 saturated heterocycles. The predicted octanol–water partition coefficient (Wildman–Crippen LogP) is 1.64. The molecule has 0 saturated carbocycles. The van der Waals surface area contributed by atoms with Crippen LogP contribution in [0.3, 0.4) is 0 Å². The molecule has 1 N–H and O–H groups in total. The van der Waals surface area contributed by atoms with E-state index in [9.17, 15) is 12.8 Å². The average Bonchev–Trinajstić information content (AvgIpc) is 2.46. The van der Waals surface area contributed by atoms with Gasteiger partial charge in [0.15, 0.2) is 0 Å². The molecule has 0 atom stereocenters. The molecular weight excluding hydrogens is 281 g/mol. The monoisotopic (exact) mass is 301 g/mol. The summed E-state index contributed by atoms with van der Waals surface area (Å²) >= 11 is 0. The van der Waals surface area contributed by atoms with Gasteiger partial charge in [-0.3, -0.25) is 0 Å². The molecule has 7 heteroatoms. The second kappa shape index (κ2) is 6.60. The minimum Gasteiger partial charge on any atom is -0.228 e. The van der Waals surface area contributed by atoms with Crippen molar-refractivity contribution in [1.29, 1.82) is 0 Å². The first kappa shape index (κ1) is 15.3. The molecule has 1 fully saturated rings. The van der Waals surface area contributed by atoms with Gasteiger partial charge in [0.2, 0.25) is 5.95 Å². The summed E-state index contributed by atoms with van der Waals surface area (Å²) < 4.78 is 41.6. The minimum atomic E-state index is -3.39. The van der Waals surface area contributed by atoms with Gasteiger partial charge in [-0.2, -0.15) is 17.1 Å². The van der Waals surface area contributed by atoms with Crippen LogP contribution in [0.15, 0.2) is 18.3 Å². The summed E-state index contributed by atoms with van der Waals surface area (Å²) in [5.41, 5.74) is 0.589. The van der Waals surface area contributed by atoms with E-state index in [0.717, 1.165) is 6.42 Å². The number of nitrogens with zero attached hydrogens (tertiary/aromatic N) is 2. The van der Waals surface area contributed by atoms with Crippen LogP contribution in [0.5, 0.6) is 0 Å². The highest BCUT2D eigenvalue weighted by atomic mass is 32.2. The summed E-state index contributed by atoms with van der Waals surface area (Å²) in [6, 6.07) is 3.44. The number of aromatic nitrogens is 1. The van der Waals surface area contributed by atoms with Gasteiger partial charge in [0, 0.05) is 31.4 Å². The van der Waals surface area contributed by atoms with Crippen LogP contribution in [-0.4, -0.2) is 37.3 Å². The van der Waals surface area contributed by atoms with E-state index in [0.29, 0.717) is 38.0 Å². The Morgan fingerprint density at radius 3 is 2.75 bits per heavy atom. The predicted molar refractivity (Wildman–Crippen MR) is 75.0 cm³/mol. The Morgan fingerprint density at radius 1 is 1.45 bits per heavy atom. The number of piperidine rings is 1. The van der Waals surface area contributed by atoms with Crippen molar-refractivity contribution in [2.75, 3.05) is 19.6 Å². The van der Waals surface area contributed by atoms with Gasteiger partial charge in [0.05, 0.1) is 0 Å². The third-order valence-corrected chi connectivity index (χ3v) is 5.17. The van der Waals surface area contributed by atoms with Crippen molar-refractivity contribution in [1.82, 2.24) is 14.0 Å². The Balaban J connectivity index is 1.98. The molecule has 0 unspecified atom stereocenters. The van der Waals surface area contributed by atoms with Gasteiger partial charge in [0.1, 0.15) is 0 Å². The zero-order valence-corrected chi connectivity index (χ0v) is 12.4. The SMILES string of the molecule is CCCNS(=O)(=O)N1CCC(c2cccnc2F)CC1. The van der Waals surface area contributed by atoms with Gasteiger partial charge in [-0.1, -0.05) is 13.0 Å². The van der Waals surface area contributed by atoms with E-state index in [1.165, 1.54) is 10.5 Å². The second-order valence-electron chi connectivity index (χ2n) is 4.96. The molecule has 0 aliphatic carbocycles. The molecule has 0 bridgehead atoms. The smallest absolute Gasteiger partial charge is 0.228 e. The lowest BCUT2D eigenvalue weighted by molar-refractivity contribution is 0.311. The van der Waals surface area contributed by atoms with E-state index >= 15 is 0 Å². The van der Waals surface area contributed by atoms with Crippen LogP contribution in [-0.2, 0) is 10.2 Å². The molecule has 1 aliphatic heterocycles. The molecule has 0 spiro atoms. The number of halogens is 1. The van der Waals surface area contributed by atoms with Crippen molar-refractivity contribution >= 4 is 10.2 Å². The lowest BCUT2D eigenvalue weighted by Crippen LogP contribution is -2.44. The Labute approximate surface area is 119 Å². The number of nitrogens with one attached hydrogen (secondary N) is 1. The highest BCUT2D eigenvalue weighted by molar-refractivity contribution is 7.87. The van der Waals surface area contributed by atoms with Crippen LogP contribution in [0.25, 0.3) is 0 Å². The molecule has 112 valence electrons. The summed E-state index contributed by atoms with van der Waals surface area (Å²) in [4.78, 5) is 3.65. The van der Waals surface area contributed by atoms with Crippen LogP contribution >= 0.6 is 0 Å². The standard InChI is InChI=1S/C13H20FN3O2S/c1-2-7-16-20(18,19)17-9-5-11(6-10-17)12-4-3-8-15-13(12)14/h3-4,8,11,16H,2,5-7,9-10H2,1H3. The van der Waals surface area contributed by atoms with Gasteiger partial charge in [-0.05, 0) is 31.2 Å². The molecule has 0 aromatic carbocycles. The van der Waals surface area contributed by atoms with Crippen molar-refractivity contribution in [2.24, 2.45) is 0 Å². The number of hydrogen-bond acceptors (Lipinski definition) is 3. The molecule has 0 amide bonds. The molecule has 5 nitrogen and oxygen atoms in total. The van der Waals surface area contributed by atoms with Crippen molar-refractivity contribution < 1.29 is 12.8 Å². The number of rotatable bonds is 5. The molecule has 2 rings (SSSR count). The van der Waals surface area contributed by atoms with E-state index in [4.69, 9.17) is 0 Å². The number of pyridine rings is 1. The topological polar surface area (TPSA) is 62.3 Å². The van der Waals surface area contributed by atoms with E-state index in [2.05, 4.69) is 9.71 Å². The van der Waals surface area contributed by atoms with Crippen molar-refractivity contribution in [3.8, 4) is 0 Å². The second-order valence-corrected chi connectivity index (χ2v) is 6.71. The van der Waals surface area contributed by atoms with Gasteiger partial charge < -0.3 is 0 Å². The third-order valence-electron chi connectivity index (χ3n) is 3.56. The molecule has 1 aliphatic rings. The molecule has 1 aromatic rings. The zero-order valence-electron chi connectivity index (χ0n) is 11.5. The van der Waals surface area contributed by atoms with E-state index < -0.39 is 16.2 Å². The largest absolute Gasteiger partial charge is 0.279 e. The fourth-order valence-corrected chi connectivity index (χ4v) is 3.77. The summed E-state index contributed by atoms with van der Waals surface area (Å²) in [7, 11) is -3.39. The number of hydrogen-bond donors (Lipinski definition) is 1. The lowest BCUT2D eigenvalue weighted by Gasteiger charge is -2.31. The van der Waals surface area contributed by atoms with Crippen LogP contribution in [0.4, 0.5) is 4.39 Å². The van der Waals surface area contributed by atoms with E-state index in [1.807, 2.05) is 6.92 Å². The van der Waals surface area contributed by atoms with Gasteiger partial charge in [-0.15, -0.1) is 0 Å². The fourth-order valence-electron chi connectivity index (χ4n) is 2.43. The summed E-state index contributed by atoms with van der Waals surface area (Å²) in [5.74, 6) is -0.403. The first-order chi connectivity index (χ1) is 9.54. The Bertz CT molecular complexity index is 542. The summed E-state index contributed by atoms with van der Waals surface area (Å²) in [6.45, 7) is 3.19. The molecular formula is C13H20FN3O2S. The molecule has 20 heavy (non-hydrogen) atoms. The third kappa shape index (κ3) is 3.53. The van der Waals surface area contributed by atoms with Gasteiger partial charge >= 0.3 is 0 Å². The normalized spacial score (nSPS) is 18.3. The minimum absolute atomic E-state index is 0.0429. The molecule has 1 aromatic heterocycles. The Hall–Kier alpha value is -1.05. The Morgan fingerprint density at radius 2 is 2.15 bits per heavy atom. The van der Waals surface area contributed by atoms with Crippen LogP contribution in [0, 0.1) is 5.95 Å². The first-order valence-corrected chi connectivity index (χ1v) is 8.33. The Kier molecular flexibility index (Phi) is 5.06. The average molecular weight is 301 g/mol. The maximum absolute atomic E-state index is 13.6. The van der Waals surface area contributed by atoms with Crippen LogP contribution in [0.2, 0.25) is 0 Å². The van der Waals surface area contributed by atoms with Crippen molar-refractivity contribution in [2.45, 2.75) is 32.1 Å². The van der Waals surface area contributed by atoms with Crippen LogP contribution in [0.1, 0.15) is 37.7 Å². The zero-order chi connectivity index (χ0) is 14.6. The van der Waals surface area contributed by atoms with Gasteiger partial charge in [0.25, 0.3) is 10.2 Å². The van der Waals surface area contributed by atoms with E-state index in [-0.39, 0.29) is 5.92 Å². The highest BCUT2D eigenvalue weighted by Crippen LogP contribution is 2.29. The van der Waals surface area contributed by atoms with Crippen molar-refractivity contribution in [3.63, 3.8) is 0 Å². The summed E-state index contributed by atoms with van der Waals surface area (Å²) in [5, 5.41) is 0. The van der Waals surface area contributed by atoms with E-state index in [1.54, 1.807) is 12.1 Å². The highest BCUT2D eigenvalue weighted by Gasteiger charge is 2.29. The lowest BCUT2D eigenvalue weighted by atomic mass is 9.91. The maximum atomic E-state index is 13.6. The van der Waals surface area contributed by atoms with Gasteiger partial charge in [-0.25, -0.2) is 9.71 Å². The molecule has 2 heterocycles. The summed E-state index contributed by atoms with van der Waals surface area (Å²) in [6.07, 6.45) is 3.43. The molecule has 0 radical (unpaired) electrons. The van der Waals surface area contributed by atoms with Crippen molar-refractivity contribution in [3.05, 3.63) is 29.8 Å². The first-order valence-electron chi connectivity index (χ1n) is 6.89.